The first-order chi connectivity index (χ1) is 16.1. The van der Waals surface area contributed by atoms with Gasteiger partial charge in [-0.2, -0.15) is 4.68 Å². The third-order valence-electron chi connectivity index (χ3n) is 5.60. The van der Waals surface area contributed by atoms with Gasteiger partial charge in [0.05, 0.1) is 18.0 Å². The van der Waals surface area contributed by atoms with Crippen molar-refractivity contribution in [3.63, 3.8) is 0 Å². The molecule has 0 amide bonds. The van der Waals surface area contributed by atoms with Crippen LogP contribution in [0.1, 0.15) is 21.7 Å². The molecule has 5 rings (SSSR count). The average Bonchev–Trinajstić information content (AvgIpc) is 3.43. The zero-order valence-corrected chi connectivity index (χ0v) is 19.2. The first-order valence-corrected chi connectivity index (χ1v) is 11.6. The summed E-state index contributed by atoms with van der Waals surface area (Å²) in [4.78, 5) is 13.1. The van der Waals surface area contributed by atoms with Crippen LogP contribution in [-0.4, -0.2) is 49.0 Å². The Morgan fingerprint density at radius 3 is 2.67 bits per heavy atom. The van der Waals surface area contributed by atoms with E-state index in [-0.39, 0.29) is 17.6 Å². The van der Waals surface area contributed by atoms with Gasteiger partial charge in [0.25, 0.3) is 0 Å². The summed E-state index contributed by atoms with van der Waals surface area (Å²) >= 11 is 1.33. The second-order valence-corrected chi connectivity index (χ2v) is 8.76. The van der Waals surface area contributed by atoms with E-state index in [4.69, 9.17) is 9.47 Å². The van der Waals surface area contributed by atoms with E-state index >= 15 is 0 Å². The summed E-state index contributed by atoms with van der Waals surface area (Å²) < 4.78 is 15.7. The lowest BCUT2D eigenvalue weighted by Gasteiger charge is -2.27. The molecule has 1 aliphatic rings. The summed E-state index contributed by atoms with van der Waals surface area (Å²) in [6.07, 6.45) is -0.127. The zero-order chi connectivity index (χ0) is 22.8. The average molecular weight is 462 g/mol. The quantitative estimate of drug-likeness (QED) is 0.305. The van der Waals surface area contributed by atoms with E-state index in [1.165, 1.54) is 11.8 Å². The second-order valence-electron chi connectivity index (χ2n) is 7.81. The van der Waals surface area contributed by atoms with Gasteiger partial charge in [0.2, 0.25) is 5.16 Å². The minimum atomic E-state index is -0.127. The Morgan fingerprint density at radius 2 is 1.85 bits per heavy atom. The molecule has 168 valence electrons. The summed E-state index contributed by atoms with van der Waals surface area (Å²) in [6, 6.07) is 19.2. The smallest absolute Gasteiger partial charge is 0.214 e. The van der Waals surface area contributed by atoms with E-state index in [2.05, 4.69) is 20.1 Å². The number of aryl methyl sites for hydroxylation is 1. The van der Waals surface area contributed by atoms with E-state index in [1.807, 2.05) is 74.5 Å². The summed E-state index contributed by atoms with van der Waals surface area (Å²) in [7, 11) is 0. The summed E-state index contributed by atoms with van der Waals surface area (Å²) in [5.41, 5.74) is 3.49. The monoisotopic (exact) mass is 461 g/mol. The molecular weight excluding hydrogens is 438 g/mol. The molecule has 0 saturated carbocycles. The molecule has 1 atom stereocenters. The topological polar surface area (TPSA) is 84.1 Å². The normalized spacial score (nSPS) is 14.9. The SMILES string of the molecule is Cc1cc(C(=O)CSc2nnnn2-c2ccccc2)c(C)n1C[C@H]1COc2ccccc2O1. The molecule has 9 heteroatoms. The van der Waals surface area contributed by atoms with Crippen LogP contribution in [0.5, 0.6) is 11.5 Å². The molecule has 0 fully saturated rings. The fourth-order valence-corrected chi connectivity index (χ4v) is 4.70. The van der Waals surface area contributed by atoms with Crippen LogP contribution >= 0.6 is 11.8 Å². The van der Waals surface area contributed by atoms with E-state index in [0.29, 0.717) is 23.9 Å². The lowest BCUT2D eigenvalue weighted by atomic mass is 10.2. The molecular formula is C24H23N5O3S. The number of para-hydroxylation sites is 3. The summed E-state index contributed by atoms with van der Waals surface area (Å²) in [5.74, 6) is 1.79. The Hall–Kier alpha value is -3.59. The predicted molar refractivity (Wildman–Crippen MR) is 124 cm³/mol. The van der Waals surface area contributed by atoms with Crippen molar-refractivity contribution in [1.82, 2.24) is 24.8 Å². The minimum absolute atomic E-state index is 0.0353. The third kappa shape index (κ3) is 4.36. The van der Waals surface area contributed by atoms with Gasteiger partial charge in [-0.25, -0.2) is 0 Å². The maximum atomic E-state index is 13.1. The van der Waals surface area contributed by atoms with Crippen LogP contribution in [0.15, 0.2) is 65.8 Å². The number of nitrogens with zero attached hydrogens (tertiary/aromatic N) is 5. The number of fused-ring (bicyclic) bond motifs is 1. The van der Waals surface area contributed by atoms with E-state index < -0.39 is 0 Å². The number of tetrazole rings is 1. The number of ketones is 1. The first kappa shape index (κ1) is 21.3. The van der Waals surface area contributed by atoms with Crippen molar-refractivity contribution >= 4 is 17.5 Å². The lowest BCUT2D eigenvalue weighted by molar-refractivity contribution is 0.0777. The number of rotatable bonds is 7. The van der Waals surface area contributed by atoms with Crippen molar-refractivity contribution in [2.24, 2.45) is 0 Å². The molecule has 0 aliphatic carbocycles. The van der Waals surface area contributed by atoms with Gasteiger partial charge in [-0.15, -0.1) is 5.10 Å². The van der Waals surface area contributed by atoms with E-state index in [1.54, 1.807) is 4.68 Å². The largest absolute Gasteiger partial charge is 0.486 e. The Morgan fingerprint density at radius 1 is 1.09 bits per heavy atom. The molecule has 0 bridgehead atoms. The number of hydrogen-bond acceptors (Lipinski definition) is 7. The van der Waals surface area contributed by atoms with Crippen LogP contribution in [0, 0.1) is 13.8 Å². The molecule has 0 radical (unpaired) electrons. The van der Waals surface area contributed by atoms with Crippen LogP contribution < -0.4 is 9.47 Å². The molecule has 0 spiro atoms. The van der Waals surface area contributed by atoms with Crippen molar-refractivity contribution in [3.05, 3.63) is 77.6 Å². The highest BCUT2D eigenvalue weighted by Gasteiger charge is 2.24. The first-order valence-electron chi connectivity index (χ1n) is 10.6. The summed E-state index contributed by atoms with van der Waals surface area (Å²) in [6.45, 7) is 5.05. The fourth-order valence-electron chi connectivity index (χ4n) is 3.93. The van der Waals surface area contributed by atoms with Crippen LogP contribution in [0.4, 0.5) is 0 Å². The van der Waals surface area contributed by atoms with Crippen molar-refractivity contribution in [1.29, 1.82) is 0 Å². The highest BCUT2D eigenvalue weighted by molar-refractivity contribution is 7.99. The van der Waals surface area contributed by atoms with Gasteiger partial charge < -0.3 is 14.0 Å². The van der Waals surface area contributed by atoms with E-state index in [0.717, 1.165) is 28.6 Å². The maximum absolute atomic E-state index is 13.1. The number of thioether (sulfide) groups is 1. The maximum Gasteiger partial charge on any atom is 0.214 e. The Labute approximate surface area is 195 Å². The number of carbonyl (C=O) groups excluding carboxylic acids is 1. The lowest BCUT2D eigenvalue weighted by Crippen LogP contribution is -2.33. The number of aromatic nitrogens is 5. The van der Waals surface area contributed by atoms with Gasteiger partial charge in [0.15, 0.2) is 23.4 Å². The molecule has 2 aromatic heterocycles. The van der Waals surface area contributed by atoms with Crippen molar-refractivity contribution in [3.8, 4) is 17.2 Å². The molecule has 8 nitrogen and oxygen atoms in total. The van der Waals surface area contributed by atoms with Crippen LogP contribution in [-0.2, 0) is 6.54 Å². The number of hydrogen-bond donors (Lipinski definition) is 0. The minimum Gasteiger partial charge on any atom is -0.486 e. The zero-order valence-electron chi connectivity index (χ0n) is 18.3. The van der Waals surface area contributed by atoms with Gasteiger partial charge in [-0.05, 0) is 54.6 Å². The van der Waals surface area contributed by atoms with Crippen molar-refractivity contribution < 1.29 is 14.3 Å². The molecule has 0 N–H and O–H groups in total. The highest BCUT2D eigenvalue weighted by atomic mass is 32.2. The van der Waals surface area contributed by atoms with Crippen molar-refractivity contribution in [2.45, 2.75) is 31.7 Å². The van der Waals surface area contributed by atoms with Crippen molar-refractivity contribution in [2.75, 3.05) is 12.4 Å². The predicted octanol–water partition coefficient (Wildman–Crippen LogP) is 3.90. The second kappa shape index (κ2) is 9.11. The van der Waals surface area contributed by atoms with Gasteiger partial charge in [-0.1, -0.05) is 42.1 Å². The number of benzene rings is 2. The van der Waals surface area contributed by atoms with Crippen LogP contribution in [0.3, 0.4) is 0 Å². The van der Waals surface area contributed by atoms with E-state index in [9.17, 15) is 4.79 Å². The highest BCUT2D eigenvalue weighted by Crippen LogP contribution is 2.32. The Kier molecular flexibility index (Phi) is 5.87. The summed E-state index contributed by atoms with van der Waals surface area (Å²) in [5, 5.41) is 12.5. The molecule has 3 heterocycles. The fraction of sp³-hybridized carbons (Fsp3) is 0.250. The van der Waals surface area contributed by atoms with Gasteiger partial charge in [0, 0.05) is 17.0 Å². The molecule has 1 aliphatic heterocycles. The molecule has 0 unspecified atom stereocenters. The molecule has 0 saturated heterocycles. The molecule has 2 aromatic carbocycles. The third-order valence-corrected chi connectivity index (χ3v) is 6.52. The number of Topliss-reactive ketones (excluding diaryl/α,β-unsaturated/α-hetero) is 1. The molecule has 4 aromatic rings. The van der Waals surface area contributed by atoms with Gasteiger partial charge in [-0.3, -0.25) is 4.79 Å². The Bertz CT molecular complexity index is 1280. The van der Waals surface area contributed by atoms with Gasteiger partial charge in [0.1, 0.15) is 6.61 Å². The Balaban J connectivity index is 1.27. The number of ether oxygens (including phenoxy) is 2. The number of carbonyl (C=O) groups is 1. The van der Waals surface area contributed by atoms with Crippen LogP contribution in [0.25, 0.3) is 5.69 Å². The standard InChI is InChI=1S/C24H23N5O3S/c1-16-12-20(17(2)28(16)13-19-14-31-22-10-6-7-11-23(22)32-19)21(30)15-33-24-25-26-27-29(24)18-8-4-3-5-9-18/h3-12,19H,13-15H2,1-2H3/t19-/m0/s1. The van der Waals surface area contributed by atoms with Crippen LogP contribution in [0.2, 0.25) is 0 Å². The van der Waals surface area contributed by atoms with Gasteiger partial charge >= 0.3 is 0 Å². The molecule has 33 heavy (non-hydrogen) atoms.